The summed E-state index contributed by atoms with van der Waals surface area (Å²) in [6.45, 7) is 3.87. The van der Waals surface area contributed by atoms with Crippen LogP contribution >= 0.6 is 0 Å². The molecule has 0 radical (unpaired) electrons. The highest BCUT2D eigenvalue weighted by Gasteiger charge is 2.31. The Bertz CT molecular complexity index is 1240. The highest BCUT2D eigenvalue weighted by Crippen LogP contribution is 2.36. The maximum Gasteiger partial charge on any atom is 0.295 e. The van der Waals surface area contributed by atoms with Crippen molar-refractivity contribution < 1.29 is 0 Å². The van der Waals surface area contributed by atoms with Crippen LogP contribution < -0.4 is 5.56 Å². The van der Waals surface area contributed by atoms with Gasteiger partial charge in [-0.2, -0.15) is 0 Å². The maximum atomic E-state index is 12.4. The number of aromatic nitrogens is 4. The number of fused-ring (bicyclic) bond motifs is 2. The van der Waals surface area contributed by atoms with Gasteiger partial charge >= 0.3 is 0 Å². The zero-order valence-electron chi connectivity index (χ0n) is 17.3. The minimum absolute atomic E-state index is 0.130. The van der Waals surface area contributed by atoms with Crippen molar-refractivity contribution in [1.29, 1.82) is 0 Å². The molecular weight excluding hydrogens is 374 g/mol. The molecule has 0 bridgehead atoms. The van der Waals surface area contributed by atoms with E-state index in [1.165, 1.54) is 21.3 Å². The number of benzene rings is 2. The van der Waals surface area contributed by atoms with Gasteiger partial charge in [-0.05, 0) is 30.0 Å². The predicted octanol–water partition coefficient (Wildman–Crippen LogP) is 3.01. The molecule has 6 nitrogen and oxygen atoms in total. The van der Waals surface area contributed by atoms with E-state index in [2.05, 4.69) is 76.6 Å². The van der Waals surface area contributed by atoms with E-state index >= 15 is 0 Å². The van der Waals surface area contributed by atoms with Gasteiger partial charge in [0.05, 0.1) is 6.54 Å². The SMILES string of the molecule is C[C@@H]1[C@@H](c2ccccc2)c2ccccc2CCN1Cc1nnc2c(=O)n(C)ccn12. The normalized spacial score (nSPS) is 19.5. The summed E-state index contributed by atoms with van der Waals surface area (Å²) in [6, 6.07) is 19.8. The molecule has 0 amide bonds. The van der Waals surface area contributed by atoms with Crippen LogP contribution in [0.5, 0.6) is 0 Å². The van der Waals surface area contributed by atoms with Crippen LogP contribution in [-0.4, -0.2) is 36.7 Å². The van der Waals surface area contributed by atoms with E-state index in [1.54, 1.807) is 13.2 Å². The standard InChI is InChI=1S/C24H25N5O/c1-17-22(19-9-4-3-5-10-19)20-11-7-6-8-18(20)12-13-28(17)16-21-25-26-23-24(30)27(2)14-15-29(21)23/h3-11,14-15,17,22H,12-13,16H2,1-2H3/t17-,22+/m1/s1. The van der Waals surface area contributed by atoms with Crippen molar-refractivity contribution >= 4 is 5.65 Å². The first-order chi connectivity index (χ1) is 14.6. The van der Waals surface area contributed by atoms with Gasteiger partial charge in [-0.25, -0.2) is 0 Å². The lowest BCUT2D eigenvalue weighted by Crippen LogP contribution is -2.37. The molecule has 1 aliphatic heterocycles. The van der Waals surface area contributed by atoms with Crippen molar-refractivity contribution in [1.82, 2.24) is 24.1 Å². The van der Waals surface area contributed by atoms with Crippen molar-refractivity contribution in [3.05, 3.63) is 99.9 Å². The summed E-state index contributed by atoms with van der Waals surface area (Å²) >= 11 is 0. The summed E-state index contributed by atoms with van der Waals surface area (Å²) < 4.78 is 3.36. The minimum Gasteiger partial charge on any atom is -0.314 e. The fourth-order valence-electron chi connectivity index (χ4n) is 4.65. The second-order valence-electron chi connectivity index (χ2n) is 8.07. The van der Waals surface area contributed by atoms with E-state index < -0.39 is 0 Å². The zero-order valence-corrected chi connectivity index (χ0v) is 17.3. The lowest BCUT2D eigenvalue weighted by atomic mass is 9.83. The van der Waals surface area contributed by atoms with Gasteiger partial charge in [0.25, 0.3) is 5.56 Å². The van der Waals surface area contributed by atoms with Gasteiger partial charge < -0.3 is 4.57 Å². The summed E-state index contributed by atoms with van der Waals surface area (Å²) in [6.07, 6.45) is 4.62. The van der Waals surface area contributed by atoms with E-state index in [-0.39, 0.29) is 17.5 Å². The van der Waals surface area contributed by atoms with E-state index in [4.69, 9.17) is 0 Å². The second-order valence-corrected chi connectivity index (χ2v) is 8.07. The molecule has 2 aromatic carbocycles. The second kappa shape index (κ2) is 7.54. The Morgan fingerprint density at radius 2 is 1.77 bits per heavy atom. The monoisotopic (exact) mass is 399 g/mol. The highest BCUT2D eigenvalue weighted by molar-refractivity contribution is 5.41. The van der Waals surface area contributed by atoms with Crippen molar-refractivity contribution in [2.24, 2.45) is 7.05 Å². The molecular formula is C24H25N5O. The fourth-order valence-corrected chi connectivity index (χ4v) is 4.65. The molecule has 5 rings (SSSR count). The Morgan fingerprint density at radius 3 is 2.60 bits per heavy atom. The van der Waals surface area contributed by atoms with Gasteiger partial charge in [-0.3, -0.25) is 14.1 Å². The van der Waals surface area contributed by atoms with Crippen LogP contribution in [0.2, 0.25) is 0 Å². The van der Waals surface area contributed by atoms with Crippen LogP contribution in [-0.2, 0) is 20.0 Å². The molecule has 0 N–H and O–H groups in total. The van der Waals surface area contributed by atoms with Crippen molar-refractivity contribution in [3.8, 4) is 0 Å². The van der Waals surface area contributed by atoms with Gasteiger partial charge in [0.1, 0.15) is 0 Å². The third-order valence-electron chi connectivity index (χ3n) is 6.34. The lowest BCUT2D eigenvalue weighted by Gasteiger charge is -2.32. The third-order valence-corrected chi connectivity index (χ3v) is 6.34. The molecule has 1 aliphatic rings. The van der Waals surface area contributed by atoms with Crippen molar-refractivity contribution in [2.75, 3.05) is 6.54 Å². The average molecular weight is 399 g/mol. The molecule has 6 heteroatoms. The predicted molar refractivity (Wildman–Crippen MR) is 117 cm³/mol. The quantitative estimate of drug-likeness (QED) is 0.531. The van der Waals surface area contributed by atoms with E-state index in [1.807, 2.05) is 10.6 Å². The largest absolute Gasteiger partial charge is 0.314 e. The van der Waals surface area contributed by atoms with Gasteiger partial charge in [-0.15, -0.1) is 10.2 Å². The van der Waals surface area contributed by atoms with Crippen LogP contribution in [0.4, 0.5) is 0 Å². The summed E-state index contributed by atoms with van der Waals surface area (Å²) in [5, 5.41) is 8.52. The van der Waals surface area contributed by atoms with E-state index in [0.29, 0.717) is 12.2 Å². The minimum atomic E-state index is -0.130. The van der Waals surface area contributed by atoms with Crippen molar-refractivity contribution in [2.45, 2.75) is 31.8 Å². The van der Waals surface area contributed by atoms with Crippen LogP contribution in [0.1, 0.15) is 35.4 Å². The molecule has 0 saturated carbocycles. The summed E-state index contributed by atoms with van der Waals surface area (Å²) in [5.74, 6) is 1.07. The molecule has 152 valence electrons. The molecule has 4 aromatic rings. The van der Waals surface area contributed by atoms with Crippen LogP contribution in [0.3, 0.4) is 0 Å². The Balaban J connectivity index is 1.54. The highest BCUT2D eigenvalue weighted by atomic mass is 16.1. The topological polar surface area (TPSA) is 55.4 Å². The Kier molecular flexibility index (Phi) is 4.71. The molecule has 0 aliphatic carbocycles. The van der Waals surface area contributed by atoms with Crippen molar-refractivity contribution in [3.63, 3.8) is 0 Å². The zero-order chi connectivity index (χ0) is 20.7. The summed E-state index contributed by atoms with van der Waals surface area (Å²) in [4.78, 5) is 14.8. The number of aryl methyl sites for hydroxylation is 1. The first-order valence-corrected chi connectivity index (χ1v) is 10.4. The fraction of sp³-hybridized carbons (Fsp3) is 0.292. The molecule has 2 atom stereocenters. The molecule has 0 unspecified atom stereocenters. The third kappa shape index (κ3) is 3.13. The van der Waals surface area contributed by atoms with Crippen LogP contribution in [0.25, 0.3) is 5.65 Å². The number of hydrogen-bond donors (Lipinski definition) is 0. The molecule has 30 heavy (non-hydrogen) atoms. The van der Waals surface area contributed by atoms with Crippen LogP contribution in [0.15, 0.2) is 71.8 Å². The number of rotatable bonds is 3. The van der Waals surface area contributed by atoms with Gasteiger partial charge in [0.15, 0.2) is 5.82 Å². The molecule has 0 spiro atoms. The number of hydrogen-bond acceptors (Lipinski definition) is 4. The molecule has 2 aromatic heterocycles. The van der Waals surface area contributed by atoms with Gasteiger partial charge in [0.2, 0.25) is 5.65 Å². The van der Waals surface area contributed by atoms with E-state index in [9.17, 15) is 4.79 Å². The Labute approximate surface area is 175 Å². The maximum absolute atomic E-state index is 12.4. The van der Waals surface area contributed by atoms with Crippen LogP contribution in [0, 0.1) is 0 Å². The lowest BCUT2D eigenvalue weighted by molar-refractivity contribution is 0.189. The van der Waals surface area contributed by atoms with Gasteiger partial charge in [0, 0.05) is 37.9 Å². The average Bonchev–Trinajstić information content (AvgIpc) is 3.12. The first-order valence-electron chi connectivity index (χ1n) is 10.4. The molecule has 0 saturated heterocycles. The Hall–Kier alpha value is -3.25. The molecule has 3 heterocycles. The Morgan fingerprint density at radius 1 is 1.00 bits per heavy atom. The van der Waals surface area contributed by atoms with Gasteiger partial charge in [-0.1, -0.05) is 54.6 Å². The smallest absolute Gasteiger partial charge is 0.295 e. The summed E-state index contributed by atoms with van der Waals surface area (Å²) in [7, 11) is 1.73. The number of nitrogens with zero attached hydrogens (tertiary/aromatic N) is 5. The summed E-state index contributed by atoms with van der Waals surface area (Å²) in [5.41, 5.74) is 4.37. The first kappa shape index (κ1) is 18.8. The van der Waals surface area contributed by atoms with E-state index in [0.717, 1.165) is 18.8 Å². The molecule has 0 fully saturated rings.